The summed E-state index contributed by atoms with van der Waals surface area (Å²) in [5.74, 6) is 0. The fourth-order valence-electron chi connectivity index (χ4n) is 9.35. The van der Waals surface area contributed by atoms with Gasteiger partial charge < -0.3 is 21.8 Å². The van der Waals surface area contributed by atoms with Crippen LogP contribution in [0.1, 0.15) is 22.3 Å². The van der Waals surface area contributed by atoms with Crippen molar-refractivity contribution in [2.45, 2.75) is 52.6 Å². The van der Waals surface area contributed by atoms with E-state index in [9.17, 15) is 40.5 Å². The number of rotatable bonds is 24. The van der Waals surface area contributed by atoms with Crippen LogP contribution in [0.3, 0.4) is 0 Å². The molecule has 422 valence electrons. The zero-order valence-electron chi connectivity index (χ0n) is 46.0. The summed E-state index contributed by atoms with van der Waals surface area (Å²) in [6.07, 6.45) is 0. The number of nitrogens with zero attached hydrogens (tertiary/aromatic N) is 4. The second kappa shape index (κ2) is 27.3. The maximum absolute atomic E-state index is 12.0. The fraction of sp³-hybridized carbons (Fsp3) is 0.129. The van der Waals surface area contributed by atoms with Crippen molar-refractivity contribution in [2.75, 3.05) is 0 Å². The zero-order valence-corrected chi connectivity index (χ0v) is 50.0. The summed E-state index contributed by atoms with van der Waals surface area (Å²) >= 11 is 0. The van der Waals surface area contributed by atoms with Crippen molar-refractivity contribution in [3.63, 3.8) is 0 Å². The van der Waals surface area contributed by atoms with Crippen LogP contribution in [0.4, 0.5) is 22.7 Å². The van der Waals surface area contributed by atoms with Gasteiger partial charge in [-0.05, 0) is 81.6 Å². The summed E-state index contributed by atoms with van der Waals surface area (Å²) < 4.78 is 34.2. The third kappa shape index (κ3) is 14.7. The first-order chi connectivity index (χ1) is 39.9. The molecule has 0 aliphatic rings. The molecule has 0 spiro atoms. The summed E-state index contributed by atoms with van der Waals surface area (Å²) in [4.78, 5) is 45.0. The molecule has 0 bridgehead atoms. The molecule has 17 nitrogen and oxygen atoms in total. The molecule has 0 amide bonds. The molecule has 0 heterocycles. The van der Waals surface area contributed by atoms with E-state index in [-0.39, 0.29) is 49.2 Å². The van der Waals surface area contributed by atoms with Crippen LogP contribution in [0.5, 0.6) is 0 Å². The molecule has 0 atom stereocenters. The molecule has 83 heavy (non-hydrogen) atoms. The van der Waals surface area contributed by atoms with E-state index in [1.54, 1.807) is 72.8 Å². The van der Waals surface area contributed by atoms with Gasteiger partial charge in [-0.25, -0.2) is 0 Å². The minimum atomic E-state index is -3.88. The van der Waals surface area contributed by atoms with E-state index in [0.717, 1.165) is 31.1 Å². The van der Waals surface area contributed by atoms with Gasteiger partial charge in [-0.3, -0.25) is 40.5 Å². The summed E-state index contributed by atoms with van der Waals surface area (Å²) in [7, 11) is -12.4. The van der Waals surface area contributed by atoms with Gasteiger partial charge in [0.2, 0.25) is 16.6 Å². The average molecular weight is 1180 g/mol. The highest BCUT2D eigenvalue weighted by Crippen LogP contribution is 2.28. The summed E-state index contributed by atoms with van der Waals surface area (Å²) in [6.45, 7) is 8.36. The molecule has 0 radical (unpaired) electrons. The van der Waals surface area contributed by atoms with E-state index in [1.165, 1.54) is 24.3 Å². The molecule has 0 aliphatic heterocycles. The molecule has 9 aromatic rings. The summed E-state index contributed by atoms with van der Waals surface area (Å²) in [5, 5.41) is 51.8. The Bertz CT molecular complexity index is 3350. The van der Waals surface area contributed by atoms with Crippen LogP contribution in [0.15, 0.2) is 243 Å². The number of benzene rings is 9. The minimum Gasteiger partial charge on any atom is -0.408 e. The number of hydrogen-bond acceptors (Lipinski definition) is 13. The Hall–Kier alpha value is -8.75. The van der Waals surface area contributed by atoms with Crippen molar-refractivity contribution in [2.24, 2.45) is 0 Å². The Morgan fingerprint density at radius 3 is 0.711 bits per heavy atom. The van der Waals surface area contributed by atoms with Gasteiger partial charge in [0, 0.05) is 24.3 Å². The lowest BCUT2D eigenvalue weighted by atomic mass is 10.2. The average Bonchev–Trinajstić information content (AvgIpc) is 1.58. The molecule has 0 aromatic heterocycles. The third-order valence-electron chi connectivity index (χ3n) is 14.0. The molecule has 0 aliphatic carbocycles. The monoisotopic (exact) mass is 1180 g/mol. The van der Waals surface area contributed by atoms with Gasteiger partial charge in [-0.15, -0.1) is 0 Å². The van der Waals surface area contributed by atoms with E-state index in [4.69, 9.17) is 21.8 Å². The molecule has 0 unspecified atom stereocenters. The van der Waals surface area contributed by atoms with Crippen molar-refractivity contribution < 1.29 is 41.5 Å². The maximum atomic E-state index is 12.0. The lowest BCUT2D eigenvalue weighted by Crippen LogP contribution is -2.75. The summed E-state index contributed by atoms with van der Waals surface area (Å²) in [5.41, 5.74) is 1.91. The Morgan fingerprint density at radius 2 is 0.482 bits per heavy atom. The predicted octanol–water partition coefficient (Wildman–Crippen LogP) is 10.5. The number of nitro benzene ring substituents is 4. The lowest BCUT2D eigenvalue weighted by molar-refractivity contribution is -0.386. The van der Waals surface area contributed by atoms with Crippen LogP contribution >= 0.6 is 0 Å². The fourth-order valence-corrected chi connectivity index (χ4v) is 21.2. The molecular formula is C62H60N4O13Si4. The highest BCUT2D eigenvalue weighted by Gasteiger charge is 2.55. The molecule has 0 saturated heterocycles. The minimum absolute atomic E-state index is 0.0613. The Labute approximate surface area is 484 Å². The quantitative estimate of drug-likeness (QED) is 0.0313. The van der Waals surface area contributed by atoms with Crippen LogP contribution in [-0.4, -0.2) is 53.4 Å². The third-order valence-corrected chi connectivity index (χ3v) is 26.9. The van der Waals surface area contributed by atoms with E-state index >= 15 is 0 Å². The number of hydrogen-bond donors (Lipinski definition) is 0. The van der Waals surface area contributed by atoms with E-state index in [1.807, 2.05) is 146 Å². The van der Waals surface area contributed by atoms with Gasteiger partial charge in [0.15, 0.2) is 0 Å². The van der Waals surface area contributed by atoms with Crippen molar-refractivity contribution >= 4 is 87.6 Å². The number of para-hydroxylation sites is 4. The lowest BCUT2D eigenvalue weighted by Gasteiger charge is -2.41. The zero-order chi connectivity index (χ0) is 59.0. The molecule has 21 heteroatoms. The van der Waals surface area contributed by atoms with E-state index in [2.05, 4.69) is 26.2 Å². The summed E-state index contributed by atoms with van der Waals surface area (Å²) in [6, 6.07) is 72.7. The van der Waals surface area contributed by atoms with Crippen LogP contribution in [0, 0.1) is 40.5 Å². The van der Waals surface area contributed by atoms with Crippen LogP contribution in [0.2, 0.25) is 26.2 Å². The topological polar surface area (TPSA) is 219 Å². The molecule has 9 aromatic carbocycles. The van der Waals surface area contributed by atoms with Gasteiger partial charge in [0.25, 0.3) is 22.7 Å². The van der Waals surface area contributed by atoms with Crippen molar-refractivity contribution in [3.8, 4) is 0 Å². The molecular weight excluding hydrogens is 1120 g/mol. The van der Waals surface area contributed by atoms with E-state index in [0.29, 0.717) is 22.3 Å². The van der Waals surface area contributed by atoms with Gasteiger partial charge in [-0.1, -0.05) is 194 Å². The Kier molecular flexibility index (Phi) is 19.9. The molecule has 0 fully saturated rings. The van der Waals surface area contributed by atoms with Crippen LogP contribution < -0.4 is 31.1 Å². The first kappa shape index (κ1) is 60.3. The van der Waals surface area contributed by atoms with Crippen molar-refractivity contribution in [1.82, 2.24) is 0 Å². The largest absolute Gasteiger partial charge is 0.408 e. The second-order valence-electron chi connectivity index (χ2n) is 20.1. The normalized spacial score (nSPS) is 11.7. The smallest absolute Gasteiger partial charge is 0.399 e. The highest BCUT2D eigenvalue weighted by molar-refractivity contribution is 7.04. The van der Waals surface area contributed by atoms with Crippen LogP contribution in [-0.2, 0) is 48.2 Å². The molecule has 9 rings (SSSR count). The Balaban J connectivity index is 0.000000232. The van der Waals surface area contributed by atoms with Gasteiger partial charge in [-0.2, -0.15) is 0 Å². The van der Waals surface area contributed by atoms with Crippen molar-refractivity contribution in [3.05, 3.63) is 305 Å². The second-order valence-corrected chi connectivity index (χ2v) is 34.0. The van der Waals surface area contributed by atoms with Gasteiger partial charge in [0.05, 0.1) is 68.4 Å². The predicted molar refractivity (Wildman–Crippen MR) is 329 cm³/mol. The van der Waals surface area contributed by atoms with Gasteiger partial charge in [0.1, 0.15) is 0 Å². The van der Waals surface area contributed by atoms with Crippen LogP contribution in [0.25, 0.3) is 0 Å². The van der Waals surface area contributed by atoms with E-state index < -0.39 is 53.4 Å². The van der Waals surface area contributed by atoms with Gasteiger partial charge >= 0.3 is 17.1 Å². The first-order valence-corrected chi connectivity index (χ1v) is 35.9. The standard InChI is InChI=1S/C38H32N2O7Si2.C24H28N2O6Si2/c41-39(42)37-27-15-13-17-31(37)29-45-48(33-19-5-1-6-20-33,34-21-7-2-8-22-34)47-49(35-23-9-3-10-24-35,36-25-11-4-12-26-36)46-30-32-18-14-16-28-38(32)40(43)44;1-33(2,31-17-19-9-5-7-11-23(19)25(27)28)21-13-15-22(16-14-21)34(3,4)32-18-20-10-6-8-12-24(20)26(29)30/h1-28H,29-30H2;5-16H,17-18H2,1-4H3. The maximum Gasteiger partial charge on any atom is 0.399 e. The molecule has 0 saturated carbocycles. The SMILES string of the molecule is C[Si](C)(OCc1ccccc1[N+](=O)[O-])c1ccc([Si](C)(C)OCc2ccccc2[N+](=O)[O-])cc1.O=[N+]([O-])c1ccccc1CO[Si](O[Si](OCc1ccccc1[N+](=O)[O-])(c1ccccc1)c1ccccc1)(c1ccccc1)c1ccccc1. The van der Waals surface area contributed by atoms with Crippen molar-refractivity contribution in [1.29, 1.82) is 0 Å². The number of nitro groups is 4. The first-order valence-electron chi connectivity index (χ1n) is 26.4. The Morgan fingerprint density at radius 1 is 0.277 bits per heavy atom. The molecule has 0 N–H and O–H groups in total. The highest BCUT2D eigenvalue weighted by atomic mass is 28.5.